The second kappa shape index (κ2) is 7.73. The molecule has 122 valence electrons. The van der Waals surface area contributed by atoms with Crippen LogP contribution in [0.25, 0.3) is 6.08 Å². The average Bonchev–Trinajstić information content (AvgIpc) is 3.00. The van der Waals surface area contributed by atoms with Gasteiger partial charge >= 0.3 is 0 Å². The fourth-order valence-corrected chi connectivity index (χ4v) is 3.80. The highest BCUT2D eigenvalue weighted by Gasteiger charge is 2.18. The lowest BCUT2D eigenvalue weighted by molar-refractivity contribution is 0.624. The van der Waals surface area contributed by atoms with Crippen molar-refractivity contribution < 1.29 is 4.39 Å². The molecule has 2 aromatic rings. The van der Waals surface area contributed by atoms with Crippen LogP contribution in [0.1, 0.15) is 24.2 Å². The summed E-state index contributed by atoms with van der Waals surface area (Å²) in [5.74, 6) is 0.627. The third-order valence-electron chi connectivity index (χ3n) is 3.77. The summed E-state index contributed by atoms with van der Waals surface area (Å²) in [5.41, 5.74) is 1.86. The van der Waals surface area contributed by atoms with Crippen molar-refractivity contribution in [3.05, 3.63) is 46.0 Å². The molecule has 1 aliphatic heterocycles. The van der Waals surface area contributed by atoms with Gasteiger partial charge in [0.15, 0.2) is 0 Å². The summed E-state index contributed by atoms with van der Waals surface area (Å²) >= 11 is 10.6. The number of aromatic nitrogens is 2. The Bertz CT molecular complexity index is 709. The maximum atomic E-state index is 13.9. The summed E-state index contributed by atoms with van der Waals surface area (Å²) in [7, 11) is 0. The number of aryl methyl sites for hydroxylation is 1. The number of piperidine rings is 1. The van der Waals surface area contributed by atoms with Crippen molar-refractivity contribution in [1.82, 2.24) is 9.36 Å². The first-order valence-electron chi connectivity index (χ1n) is 7.43. The van der Waals surface area contributed by atoms with E-state index < -0.39 is 0 Å². The highest BCUT2D eigenvalue weighted by Crippen LogP contribution is 2.26. The minimum atomic E-state index is -0.268. The average molecular weight is 417 g/mol. The maximum Gasteiger partial charge on any atom is 0.205 e. The monoisotopic (exact) mass is 415 g/mol. The Morgan fingerprint density at radius 2 is 2.13 bits per heavy atom. The van der Waals surface area contributed by atoms with Gasteiger partial charge in [0.2, 0.25) is 5.13 Å². The third-order valence-corrected chi connectivity index (χ3v) is 5.22. The molecule has 0 atom stereocenters. The molecule has 1 fully saturated rings. The molecule has 1 aliphatic rings. The van der Waals surface area contributed by atoms with Gasteiger partial charge in [-0.15, -0.1) is 0 Å². The lowest BCUT2D eigenvalue weighted by Crippen LogP contribution is -2.30. The molecule has 0 bridgehead atoms. The summed E-state index contributed by atoms with van der Waals surface area (Å²) in [4.78, 5) is 6.82. The molecule has 2 heterocycles. The molecule has 3 rings (SSSR count). The molecular weight excluding hydrogens is 401 g/mol. The SMILES string of the molecule is Fc1cc(Cl)ccc1C=C1CCN(c2nc(CCBr)ns2)CC1. The van der Waals surface area contributed by atoms with Crippen molar-refractivity contribution in [2.24, 2.45) is 0 Å². The van der Waals surface area contributed by atoms with Crippen LogP contribution in [0.15, 0.2) is 23.8 Å². The highest BCUT2D eigenvalue weighted by atomic mass is 79.9. The van der Waals surface area contributed by atoms with Crippen LogP contribution in [0.3, 0.4) is 0 Å². The van der Waals surface area contributed by atoms with Crippen LogP contribution in [0.5, 0.6) is 0 Å². The van der Waals surface area contributed by atoms with E-state index in [1.54, 1.807) is 12.1 Å². The number of hydrogen-bond donors (Lipinski definition) is 0. The normalized spacial score (nSPS) is 15.1. The summed E-state index contributed by atoms with van der Waals surface area (Å²) in [5, 5.41) is 2.29. The Balaban J connectivity index is 1.64. The van der Waals surface area contributed by atoms with Crippen LogP contribution < -0.4 is 4.90 Å². The standard InChI is InChI=1S/C16H16BrClFN3S/c17-6-3-15-20-16(23-21-15)22-7-4-11(5-8-22)9-12-1-2-13(18)10-14(12)19/h1-2,9-10H,3-8H2. The largest absolute Gasteiger partial charge is 0.346 e. The van der Waals surface area contributed by atoms with Crippen LogP contribution >= 0.6 is 39.1 Å². The second-order valence-electron chi connectivity index (χ2n) is 5.39. The first-order chi connectivity index (χ1) is 11.2. The van der Waals surface area contributed by atoms with E-state index >= 15 is 0 Å². The highest BCUT2D eigenvalue weighted by molar-refractivity contribution is 9.09. The number of halogens is 3. The van der Waals surface area contributed by atoms with Gasteiger partial charge < -0.3 is 4.90 Å². The number of benzene rings is 1. The molecule has 0 unspecified atom stereocenters. The minimum Gasteiger partial charge on any atom is -0.346 e. The molecule has 23 heavy (non-hydrogen) atoms. The molecular formula is C16H16BrClFN3S. The zero-order chi connectivity index (χ0) is 16.2. The van der Waals surface area contributed by atoms with Crippen LogP contribution in [-0.2, 0) is 6.42 Å². The fourth-order valence-electron chi connectivity index (χ4n) is 2.53. The minimum absolute atomic E-state index is 0.268. The van der Waals surface area contributed by atoms with Crippen molar-refractivity contribution >= 4 is 50.3 Å². The summed E-state index contributed by atoms with van der Waals surface area (Å²) in [6.07, 6.45) is 4.62. The lowest BCUT2D eigenvalue weighted by Gasteiger charge is -2.27. The van der Waals surface area contributed by atoms with Gasteiger partial charge in [-0.2, -0.15) is 4.37 Å². The number of alkyl halides is 1. The summed E-state index contributed by atoms with van der Waals surface area (Å²) < 4.78 is 18.2. The Morgan fingerprint density at radius 3 is 2.83 bits per heavy atom. The van der Waals surface area contributed by atoms with Crippen molar-refractivity contribution in [3.63, 3.8) is 0 Å². The molecule has 0 amide bonds. The van der Waals surface area contributed by atoms with Crippen LogP contribution in [0.2, 0.25) is 5.02 Å². The van der Waals surface area contributed by atoms with Gasteiger partial charge in [-0.05, 0) is 25.0 Å². The van der Waals surface area contributed by atoms with Gasteiger partial charge in [-0.1, -0.05) is 45.2 Å². The Morgan fingerprint density at radius 1 is 1.35 bits per heavy atom. The summed E-state index contributed by atoms with van der Waals surface area (Å²) in [6.45, 7) is 1.79. The van der Waals surface area contributed by atoms with Crippen molar-refractivity contribution in [3.8, 4) is 0 Å². The lowest BCUT2D eigenvalue weighted by atomic mass is 10.0. The predicted molar refractivity (Wildman–Crippen MR) is 98.2 cm³/mol. The number of hydrogen-bond acceptors (Lipinski definition) is 4. The molecule has 3 nitrogen and oxygen atoms in total. The Labute approximate surface area is 152 Å². The maximum absolute atomic E-state index is 13.9. The van der Waals surface area contributed by atoms with E-state index in [1.807, 2.05) is 6.08 Å². The zero-order valence-electron chi connectivity index (χ0n) is 12.4. The fraction of sp³-hybridized carbons (Fsp3) is 0.375. The van der Waals surface area contributed by atoms with Gasteiger partial charge in [0.1, 0.15) is 11.6 Å². The van der Waals surface area contributed by atoms with E-state index in [4.69, 9.17) is 11.6 Å². The van der Waals surface area contributed by atoms with Crippen molar-refractivity contribution in [2.45, 2.75) is 19.3 Å². The van der Waals surface area contributed by atoms with Crippen LogP contribution in [0.4, 0.5) is 9.52 Å². The Hall–Kier alpha value is -0.980. The molecule has 1 saturated heterocycles. The number of nitrogens with zero attached hydrogens (tertiary/aromatic N) is 3. The molecule has 0 radical (unpaired) electrons. The molecule has 1 aromatic heterocycles. The van der Waals surface area contributed by atoms with E-state index in [0.717, 1.165) is 48.6 Å². The van der Waals surface area contributed by atoms with Gasteiger partial charge in [-0.25, -0.2) is 9.37 Å². The third kappa shape index (κ3) is 4.31. The molecule has 7 heteroatoms. The molecule has 0 spiro atoms. The molecule has 0 aliphatic carbocycles. The van der Waals surface area contributed by atoms with E-state index in [-0.39, 0.29) is 5.82 Å². The molecule has 0 N–H and O–H groups in total. The van der Waals surface area contributed by atoms with E-state index in [9.17, 15) is 4.39 Å². The van der Waals surface area contributed by atoms with Gasteiger partial charge in [-0.3, -0.25) is 0 Å². The smallest absolute Gasteiger partial charge is 0.205 e. The van der Waals surface area contributed by atoms with E-state index in [1.165, 1.54) is 23.2 Å². The summed E-state index contributed by atoms with van der Waals surface area (Å²) in [6, 6.07) is 4.81. The van der Waals surface area contributed by atoms with Crippen molar-refractivity contribution in [1.29, 1.82) is 0 Å². The topological polar surface area (TPSA) is 29.0 Å². The Kier molecular flexibility index (Phi) is 5.67. The van der Waals surface area contributed by atoms with Crippen molar-refractivity contribution in [2.75, 3.05) is 23.3 Å². The van der Waals surface area contributed by atoms with E-state index in [0.29, 0.717) is 10.6 Å². The first kappa shape index (κ1) is 16.9. The first-order valence-corrected chi connectivity index (χ1v) is 9.71. The van der Waals surface area contributed by atoms with Gasteiger partial charge in [0.05, 0.1) is 0 Å². The van der Waals surface area contributed by atoms with Crippen LogP contribution in [-0.4, -0.2) is 27.8 Å². The van der Waals surface area contributed by atoms with E-state index in [2.05, 4.69) is 30.2 Å². The number of anilines is 1. The number of rotatable bonds is 4. The zero-order valence-corrected chi connectivity index (χ0v) is 15.6. The predicted octanol–water partition coefficient (Wildman–Crippen LogP) is 4.95. The van der Waals surface area contributed by atoms with Gasteiger partial charge in [0.25, 0.3) is 0 Å². The molecule has 1 aromatic carbocycles. The quantitative estimate of drug-likeness (QED) is 0.660. The molecule has 0 saturated carbocycles. The van der Waals surface area contributed by atoms with Gasteiger partial charge in [0, 0.05) is 47.0 Å². The second-order valence-corrected chi connectivity index (χ2v) is 7.35. The van der Waals surface area contributed by atoms with Crippen LogP contribution in [0, 0.1) is 5.82 Å².